The van der Waals surface area contributed by atoms with Crippen molar-refractivity contribution >= 4 is 40.9 Å². The zero-order valence-corrected chi connectivity index (χ0v) is 18.6. The summed E-state index contributed by atoms with van der Waals surface area (Å²) >= 11 is 6.20. The number of anilines is 1. The van der Waals surface area contributed by atoms with E-state index >= 15 is 0 Å². The van der Waals surface area contributed by atoms with Gasteiger partial charge in [-0.2, -0.15) is 0 Å². The van der Waals surface area contributed by atoms with Crippen molar-refractivity contribution in [1.29, 1.82) is 0 Å². The molecule has 168 valence electrons. The van der Waals surface area contributed by atoms with Crippen molar-refractivity contribution in [1.82, 2.24) is 5.32 Å². The smallest absolute Gasteiger partial charge is 0.272 e. The fourth-order valence-corrected chi connectivity index (χ4v) is 3.19. The quantitative estimate of drug-likeness (QED) is 0.290. The van der Waals surface area contributed by atoms with Gasteiger partial charge in [0.1, 0.15) is 11.4 Å². The molecule has 8 nitrogen and oxygen atoms in total. The van der Waals surface area contributed by atoms with Gasteiger partial charge in [0.2, 0.25) is 0 Å². The van der Waals surface area contributed by atoms with Crippen molar-refractivity contribution in [2.24, 2.45) is 0 Å². The van der Waals surface area contributed by atoms with E-state index in [0.29, 0.717) is 17.0 Å². The minimum absolute atomic E-state index is 0.0674. The van der Waals surface area contributed by atoms with Crippen LogP contribution in [0.3, 0.4) is 0 Å². The van der Waals surface area contributed by atoms with E-state index in [1.54, 1.807) is 24.3 Å². The Hall–Kier alpha value is -4.17. The highest BCUT2D eigenvalue weighted by atomic mass is 35.5. The van der Waals surface area contributed by atoms with E-state index in [-0.39, 0.29) is 22.0 Å². The molecule has 0 aliphatic rings. The third-order valence-corrected chi connectivity index (χ3v) is 4.92. The monoisotopic (exact) mass is 465 g/mol. The zero-order chi connectivity index (χ0) is 24.0. The van der Waals surface area contributed by atoms with E-state index < -0.39 is 16.7 Å². The SMILES string of the molecule is COc1ccc(C(=O)NC(=Cc2ccc([N+](=O)[O-])cc2)C(=O)Nc2cccc(C)c2)c(Cl)c1. The van der Waals surface area contributed by atoms with Crippen molar-refractivity contribution in [3.8, 4) is 5.75 Å². The lowest BCUT2D eigenvalue weighted by molar-refractivity contribution is -0.384. The Morgan fingerprint density at radius 2 is 1.79 bits per heavy atom. The normalized spacial score (nSPS) is 10.9. The summed E-state index contributed by atoms with van der Waals surface area (Å²) in [6.07, 6.45) is 1.42. The van der Waals surface area contributed by atoms with Crippen LogP contribution in [0.15, 0.2) is 72.4 Å². The Kier molecular flexibility index (Phi) is 7.42. The molecule has 0 atom stereocenters. The van der Waals surface area contributed by atoms with Crippen molar-refractivity contribution in [2.75, 3.05) is 12.4 Å². The number of nitro groups is 1. The van der Waals surface area contributed by atoms with Crippen LogP contribution < -0.4 is 15.4 Å². The molecule has 0 aromatic heterocycles. The summed E-state index contributed by atoms with van der Waals surface area (Å²) in [6.45, 7) is 1.89. The number of methoxy groups -OCH3 is 1. The molecule has 0 fully saturated rings. The summed E-state index contributed by atoms with van der Waals surface area (Å²) in [4.78, 5) is 36.3. The molecular formula is C24H20ClN3O5. The van der Waals surface area contributed by atoms with Crippen LogP contribution in [0.4, 0.5) is 11.4 Å². The van der Waals surface area contributed by atoms with Gasteiger partial charge in [0, 0.05) is 17.8 Å². The summed E-state index contributed by atoms with van der Waals surface area (Å²) in [5.74, 6) is -0.692. The molecule has 0 aliphatic heterocycles. The van der Waals surface area contributed by atoms with Crippen molar-refractivity contribution in [3.63, 3.8) is 0 Å². The van der Waals surface area contributed by atoms with Gasteiger partial charge in [0.05, 0.1) is 22.6 Å². The predicted octanol–water partition coefficient (Wildman–Crippen LogP) is 4.97. The maximum absolute atomic E-state index is 13.0. The first-order chi connectivity index (χ1) is 15.8. The summed E-state index contributed by atoms with van der Waals surface area (Å²) in [6, 6.07) is 17.3. The van der Waals surface area contributed by atoms with Gasteiger partial charge in [-0.25, -0.2) is 0 Å². The minimum atomic E-state index is -0.602. The molecule has 3 aromatic carbocycles. The molecule has 0 saturated heterocycles. The van der Waals surface area contributed by atoms with E-state index in [0.717, 1.165) is 5.56 Å². The summed E-state index contributed by atoms with van der Waals surface area (Å²) < 4.78 is 5.09. The van der Waals surface area contributed by atoms with Gasteiger partial charge in [-0.3, -0.25) is 19.7 Å². The Morgan fingerprint density at radius 3 is 2.39 bits per heavy atom. The van der Waals surface area contributed by atoms with Crippen LogP contribution in [0.1, 0.15) is 21.5 Å². The standard InChI is InChI=1S/C24H20ClN3O5/c1-15-4-3-5-17(12-15)26-24(30)22(13-16-6-8-18(9-7-16)28(31)32)27-23(29)20-11-10-19(33-2)14-21(20)25/h3-14H,1-2H3,(H,26,30)(H,27,29). The molecule has 3 rings (SSSR count). The molecule has 2 N–H and O–H groups in total. The number of hydrogen-bond acceptors (Lipinski definition) is 5. The lowest BCUT2D eigenvalue weighted by atomic mass is 10.1. The molecular weight excluding hydrogens is 446 g/mol. The molecule has 0 radical (unpaired) electrons. The highest BCUT2D eigenvalue weighted by Crippen LogP contribution is 2.23. The molecule has 0 saturated carbocycles. The second-order valence-electron chi connectivity index (χ2n) is 7.03. The van der Waals surface area contributed by atoms with Gasteiger partial charge >= 0.3 is 0 Å². The number of aryl methyl sites for hydroxylation is 1. The average Bonchev–Trinajstić information content (AvgIpc) is 2.78. The second-order valence-corrected chi connectivity index (χ2v) is 7.44. The van der Waals surface area contributed by atoms with Gasteiger partial charge in [0.15, 0.2) is 0 Å². The van der Waals surface area contributed by atoms with Crippen molar-refractivity contribution < 1.29 is 19.2 Å². The summed E-state index contributed by atoms with van der Waals surface area (Å²) in [7, 11) is 1.48. The number of amides is 2. The van der Waals surface area contributed by atoms with Crippen LogP contribution >= 0.6 is 11.6 Å². The fraction of sp³-hybridized carbons (Fsp3) is 0.0833. The van der Waals surface area contributed by atoms with Crippen LogP contribution in [0.5, 0.6) is 5.75 Å². The van der Waals surface area contributed by atoms with Gasteiger partial charge in [-0.1, -0.05) is 23.7 Å². The lowest BCUT2D eigenvalue weighted by Gasteiger charge is -2.13. The second kappa shape index (κ2) is 10.4. The number of benzene rings is 3. The lowest BCUT2D eigenvalue weighted by Crippen LogP contribution is -2.31. The number of carbonyl (C=O) groups excluding carboxylic acids is 2. The summed E-state index contributed by atoms with van der Waals surface area (Å²) in [5.41, 5.74) is 1.97. The Bertz CT molecular complexity index is 1240. The highest BCUT2D eigenvalue weighted by Gasteiger charge is 2.18. The molecule has 0 bridgehead atoms. The first-order valence-electron chi connectivity index (χ1n) is 9.76. The zero-order valence-electron chi connectivity index (χ0n) is 17.8. The van der Waals surface area contributed by atoms with Crippen LogP contribution in [-0.2, 0) is 4.79 Å². The molecule has 0 unspecified atom stereocenters. The van der Waals surface area contributed by atoms with Gasteiger partial charge in [0.25, 0.3) is 17.5 Å². The van der Waals surface area contributed by atoms with E-state index in [1.807, 2.05) is 13.0 Å². The molecule has 0 heterocycles. The van der Waals surface area contributed by atoms with Crippen LogP contribution in [-0.4, -0.2) is 23.8 Å². The van der Waals surface area contributed by atoms with Gasteiger partial charge in [-0.15, -0.1) is 0 Å². The van der Waals surface area contributed by atoms with E-state index in [4.69, 9.17) is 16.3 Å². The number of rotatable bonds is 7. The molecule has 33 heavy (non-hydrogen) atoms. The van der Waals surface area contributed by atoms with E-state index in [1.165, 1.54) is 49.6 Å². The number of nitrogens with one attached hydrogen (secondary N) is 2. The third-order valence-electron chi connectivity index (χ3n) is 4.60. The number of nitro benzene ring substituents is 1. The van der Waals surface area contributed by atoms with Crippen molar-refractivity contribution in [2.45, 2.75) is 6.92 Å². The highest BCUT2D eigenvalue weighted by molar-refractivity contribution is 6.34. The van der Waals surface area contributed by atoms with Crippen molar-refractivity contribution in [3.05, 3.63) is 104 Å². The Balaban J connectivity index is 1.92. The number of ether oxygens (including phenoxy) is 1. The molecule has 0 spiro atoms. The maximum Gasteiger partial charge on any atom is 0.272 e. The molecule has 9 heteroatoms. The fourth-order valence-electron chi connectivity index (χ4n) is 2.94. The number of nitrogens with zero attached hydrogens (tertiary/aromatic N) is 1. The topological polar surface area (TPSA) is 111 Å². The Labute approximate surface area is 195 Å². The largest absolute Gasteiger partial charge is 0.497 e. The number of halogens is 1. The first kappa shape index (κ1) is 23.5. The Morgan fingerprint density at radius 1 is 1.06 bits per heavy atom. The van der Waals surface area contributed by atoms with Crippen LogP contribution in [0.25, 0.3) is 6.08 Å². The predicted molar refractivity (Wildman–Crippen MR) is 126 cm³/mol. The average molecular weight is 466 g/mol. The summed E-state index contributed by atoms with van der Waals surface area (Å²) in [5, 5.41) is 16.4. The number of hydrogen-bond donors (Lipinski definition) is 2. The maximum atomic E-state index is 13.0. The van der Waals surface area contributed by atoms with Gasteiger partial charge < -0.3 is 15.4 Å². The molecule has 0 aliphatic carbocycles. The third kappa shape index (κ3) is 6.18. The van der Waals surface area contributed by atoms with E-state index in [9.17, 15) is 19.7 Å². The van der Waals surface area contributed by atoms with Crippen LogP contribution in [0, 0.1) is 17.0 Å². The number of non-ortho nitro benzene ring substituents is 1. The van der Waals surface area contributed by atoms with E-state index in [2.05, 4.69) is 10.6 Å². The minimum Gasteiger partial charge on any atom is -0.497 e. The molecule has 2 amide bonds. The molecule has 3 aromatic rings. The first-order valence-corrected chi connectivity index (χ1v) is 10.1. The number of carbonyl (C=O) groups is 2. The van der Waals surface area contributed by atoms with Gasteiger partial charge in [-0.05, 0) is 66.6 Å². The van der Waals surface area contributed by atoms with Crippen LogP contribution in [0.2, 0.25) is 5.02 Å².